The van der Waals surface area contributed by atoms with E-state index in [9.17, 15) is 19.2 Å². The number of nitrogens with one attached hydrogen (secondary N) is 2. The third-order valence-corrected chi connectivity index (χ3v) is 6.40. The monoisotopic (exact) mass is 423 g/mol. The molecular formula is C17H25N7O4S. The molecule has 29 heavy (non-hydrogen) atoms. The van der Waals surface area contributed by atoms with Crippen LogP contribution >= 0.6 is 11.8 Å². The number of thioether (sulfide) groups is 1. The molecule has 0 aromatic carbocycles. The Morgan fingerprint density at radius 1 is 1.31 bits per heavy atom. The molecule has 11 nitrogen and oxygen atoms in total. The van der Waals surface area contributed by atoms with E-state index in [1.54, 1.807) is 11.6 Å². The molecule has 1 spiro atoms. The van der Waals surface area contributed by atoms with Crippen LogP contribution in [0.25, 0.3) is 0 Å². The highest BCUT2D eigenvalue weighted by molar-refractivity contribution is 7.99. The number of hydrazine groups is 1. The van der Waals surface area contributed by atoms with Crippen molar-refractivity contribution in [3.8, 4) is 0 Å². The maximum atomic E-state index is 12.8. The molecule has 0 atom stereocenters. The fraction of sp³-hybridized carbons (Fsp3) is 0.647. The van der Waals surface area contributed by atoms with Crippen LogP contribution in [0.4, 0.5) is 4.79 Å². The Kier molecular flexibility index (Phi) is 6.10. The summed E-state index contributed by atoms with van der Waals surface area (Å²) in [7, 11) is 1.72. The topological polar surface area (TPSA) is 152 Å². The molecule has 0 unspecified atom stereocenters. The first-order valence-corrected chi connectivity index (χ1v) is 10.5. The molecule has 1 aliphatic heterocycles. The van der Waals surface area contributed by atoms with Crippen molar-refractivity contribution in [2.75, 3.05) is 5.75 Å². The van der Waals surface area contributed by atoms with Gasteiger partial charge in [0.15, 0.2) is 5.16 Å². The summed E-state index contributed by atoms with van der Waals surface area (Å²) in [6, 6.07) is -0.602. The molecule has 2 heterocycles. The van der Waals surface area contributed by atoms with Crippen molar-refractivity contribution in [2.24, 2.45) is 18.7 Å². The van der Waals surface area contributed by atoms with Crippen LogP contribution in [0.5, 0.6) is 0 Å². The number of urea groups is 1. The number of aryl methyl sites for hydroxylation is 1. The molecule has 1 aromatic heterocycles. The Hall–Kier alpha value is -2.63. The van der Waals surface area contributed by atoms with E-state index >= 15 is 0 Å². The molecule has 4 N–H and O–H groups in total. The van der Waals surface area contributed by atoms with Crippen LogP contribution < -0.4 is 16.5 Å². The van der Waals surface area contributed by atoms with Gasteiger partial charge < -0.3 is 15.6 Å². The summed E-state index contributed by atoms with van der Waals surface area (Å²) in [6.45, 7) is 2.12. The van der Waals surface area contributed by atoms with E-state index in [0.29, 0.717) is 36.2 Å². The van der Waals surface area contributed by atoms with E-state index in [4.69, 9.17) is 5.73 Å². The zero-order valence-electron chi connectivity index (χ0n) is 16.4. The SMILES string of the molecule is CC1CCC2(CC1)NC(=O)N(NC(=O)CSc1nnc(CCC(N)=O)n1C)C2=O. The third kappa shape index (κ3) is 4.52. The summed E-state index contributed by atoms with van der Waals surface area (Å²) in [5.41, 5.74) is 6.63. The second kappa shape index (κ2) is 8.39. The fourth-order valence-corrected chi connectivity index (χ4v) is 4.25. The van der Waals surface area contributed by atoms with Gasteiger partial charge in [-0.1, -0.05) is 18.7 Å². The Labute approximate surface area is 172 Å². The molecule has 2 aliphatic rings. The smallest absolute Gasteiger partial charge is 0.344 e. The quantitative estimate of drug-likeness (QED) is 0.407. The number of carbonyl (C=O) groups excluding carboxylic acids is 4. The number of hydrogen-bond acceptors (Lipinski definition) is 7. The van der Waals surface area contributed by atoms with E-state index in [2.05, 4.69) is 27.9 Å². The molecule has 1 saturated carbocycles. The van der Waals surface area contributed by atoms with Crippen molar-refractivity contribution in [1.82, 2.24) is 30.5 Å². The Balaban J connectivity index is 1.54. The summed E-state index contributed by atoms with van der Waals surface area (Å²) < 4.78 is 1.67. The van der Waals surface area contributed by atoms with Gasteiger partial charge in [-0.15, -0.1) is 10.2 Å². The summed E-state index contributed by atoms with van der Waals surface area (Å²) in [5, 5.41) is 12.0. The number of primary amides is 1. The summed E-state index contributed by atoms with van der Waals surface area (Å²) in [5.74, 6) is -0.288. The predicted molar refractivity (Wildman–Crippen MR) is 103 cm³/mol. The van der Waals surface area contributed by atoms with Gasteiger partial charge in [0.25, 0.3) is 5.91 Å². The van der Waals surface area contributed by atoms with Crippen LogP contribution in [-0.2, 0) is 27.9 Å². The average Bonchev–Trinajstić information content (AvgIpc) is 3.13. The first-order valence-electron chi connectivity index (χ1n) is 9.47. The van der Waals surface area contributed by atoms with Crippen molar-refractivity contribution in [1.29, 1.82) is 0 Å². The lowest BCUT2D eigenvalue weighted by atomic mass is 9.77. The number of imide groups is 1. The first kappa shape index (κ1) is 21.1. The predicted octanol–water partition coefficient (Wildman–Crippen LogP) is -0.143. The molecule has 1 saturated heterocycles. The van der Waals surface area contributed by atoms with Gasteiger partial charge in [-0.3, -0.25) is 19.8 Å². The number of rotatable bonds is 7. The van der Waals surface area contributed by atoms with Crippen LogP contribution in [0.3, 0.4) is 0 Å². The zero-order chi connectivity index (χ0) is 21.2. The van der Waals surface area contributed by atoms with Crippen LogP contribution in [0.1, 0.15) is 44.9 Å². The molecule has 0 radical (unpaired) electrons. The minimum Gasteiger partial charge on any atom is -0.370 e. The first-order chi connectivity index (χ1) is 13.7. The van der Waals surface area contributed by atoms with Crippen LogP contribution in [0.15, 0.2) is 5.16 Å². The lowest BCUT2D eigenvalue weighted by Crippen LogP contribution is -2.51. The van der Waals surface area contributed by atoms with Gasteiger partial charge in [-0.2, -0.15) is 5.01 Å². The molecular weight excluding hydrogens is 398 g/mol. The van der Waals surface area contributed by atoms with Gasteiger partial charge in [0.1, 0.15) is 11.4 Å². The maximum Gasteiger partial charge on any atom is 0.344 e. The van der Waals surface area contributed by atoms with Gasteiger partial charge >= 0.3 is 6.03 Å². The number of amides is 5. The fourth-order valence-electron chi connectivity index (χ4n) is 3.53. The molecule has 158 valence electrons. The van der Waals surface area contributed by atoms with Crippen LogP contribution in [-0.4, -0.2) is 54.8 Å². The summed E-state index contributed by atoms with van der Waals surface area (Å²) >= 11 is 1.11. The van der Waals surface area contributed by atoms with Gasteiger partial charge in [-0.25, -0.2) is 4.79 Å². The van der Waals surface area contributed by atoms with Crippen molar-refractivity contribution in [2.45, 2.75) is 56.1 Å². The number of hydrogen-bond donors (Lipinski definition) is 3. The van der Waals surface area contributed by atoms with Gasteiger partial charge in [-0.05, 0) is 31.6 Å². The van der Waals surface area contributed by atoms with E-state index in [0.717, 1.165) is 29.6 Å². The second-order valence-corrected chi connectivity index (χ2v) is 8.53. The van der Waals surface area contributed by atoms with E-state index in [1.807, 2.05) is 0 Å². The highest BCUT2D eigenvalue weighted by Gasteiger charge is 2.52. The number of nitrogens with two attached hydrogens (primary N) is 1. The van der Waals surface area contributed by atoms with Gasteiger partial charge in [0.2, 0.25) is 11.8 Å². The minimum absolute atomic E-state index is 0.0527. The standard InChI is InChI=1S/C17H25N7O4S/c1-10-5-7-17(8-6-10)14(27)24(15(28)19-17)22-13(26)9-29-16-21-20-12(23(16)2)4-3-11(18)25/h10H,3-9H2,1-2H3,(H2,18,25)(H,19,28)(H,22,26). The Morgan fingerprint density at radius 3 is 2.66 bits per heavy atom. The number of nitrogens with zero attached hydrogens (tertiary/aromatic N) is 4. The van der Waals surface area contributed by atoms with Crippen molar-refractivity contribution < 1.29 is 19.2 Å². The highest BCUT2D eigenvalue weighted by atomic mass is 32.2. The maximum absolute atomic E-state index is 12.8. The molecule has 1 aliphatic carbocycles. The summed E-state index contributed by atoms with van der Waals surface area (Å²) in [6.07, 6.45) is 3.38. The van der Waals surface area contributed by atoms with E-state index in [1.165, 1.54) is 0 Å². The third-order valence-electron chi connectivity index (χ3n) is 5.38. The zero-order valence-corrected chi connectivity index (χ0v) is 17.3. The largest absolute Gasteiger partial charge is 0.370 e. The van der Waals surface area contributed by atoms with Crippen molar-refractivity contribution in [3.63, 3.8) is 0 Å². The van der Waals surface area contributed by atoms with E-state index < -0.39 is 29.3 Å². The lowest BCUT2D eigenvalue weighted by molar-refractivity contribution is -0.139. The molecule has 12 heteroatoms. The molecule has 1 aromatic rings. The average molecular weight is 423 g/mol. The Morgan fingerprint density at radius 2 is 2.00 bits per heavy atom. The number of aromatic nitrogens is 3. The number of carbonyl (C=O) groups is 4. The van der Waals surface area contributed by atoms with Gasteiger partial charge in [0.05, 0.1) is 5.75 Å². The summed E-state index contributed by atoms with van der Waals surface area (Å²) in [4.78, 5) is 48.2. The van der Waals surface area contributed by atoms with Crippen molar-refractivity contribution >= 4 is 35.5 Å². The highest BCUT2D eigenvalue weighted by Crippen LogP contribution is 2.35. The Bertz CT molecular complexity index is 832. The lowest BCUT2D eigenvalue weighted by Gasteiger charge is -2.33. The molecule has 2 fully saturated rings. The van der Waals surface area contributed by atoms with Crippen molar-refractivity contribution in [3.05, 3.63) is 5.82 Å². The van der Waals surface area contributed by atoms with Crippen LogP contribution in [0.2, 0.25) is 0 Å². The van der Waals surface area contributed by atoms with Gasteiger partial charge in [0, 0.05) is 19.9 Å². The normalized spacial score (nSPS) is 24.1. The molecule has 5 amide bonds. The minimum atomic E-state index is -0.900. The molecule has 0 bridgehead atoms. The second-order valence-electron chi connectivity index (χ2n) is 7.58. The van der Waals surface area contributed by atoms with E-state index in [-0.39, 0.29) is 12.2 Å². The molecule has 3 rings (SSSR count). The van der Waals surface area contributed by atoms with Crippen LogP contribution in [0, 0.1) is 5.92 Å².